The second-order valence-electron chi connectivity index (χ2n) is 5.95. The summed E-state index contributed by atoms with van der Waals surface area (Å²) >= 11 is 0. The van der Waals surface area contributed by atoms with Gasteiger partial charge in [0.05, 0.1) is 5.52 Å². The van der Waals surface area contributed by atoms with E-state index in [1.165, 1.54) is 0 Å². The van der Waals surface area contributed by atoms with Gasteiger partial charge in [0.1, 0.15) is 5.54 Å². The van der Waals surface area contributed by atoms with Gasteiger partial charge < -0.3 is 11.1 Å². The maximum Gasteiger partial charge on any atom is 0.273 e. The minimum Gasteiger partial charge on any atom is -0.368 e. The summed E-state index contributed by atoms with van der Waals surface area (Å²) in [5.41, 5.74) is 5.85. The minimum atomic E-state index is -0.937. The summed E-state index contributed by atoms with van der Waals surface area (Å²) in [7, 11) is 1.80. The van der Waals surface area contributed by atoms with Crippen molar-refractivity contribution in [2.75, 3.05) is 0 Å². The number of amides is 2. The van der Waals surface area contributed by atoms with E-state index in [0.29, 0.717) is 18.5 Å². The zero-order chi connectivity index (χ0) is 15.7. The van der Waals surface area contributed by atoms with E-state index in [0.717, 1.165) is 30.2 Å². The largest absolute Gasteiger partial charge is 0.368 e. The molecule has 0 unspecified atom stereocenters. The first-order valence-electron chi connectivity index (χ1n) is 7.58. The Balaban J connectivity index is 1.94. The Bertz CT molecular complexity index is 729. The third kappa shape index (κ3) is 2.34. The molecule has 0 radical (unpaired) electrons. The molecule has 6 nitrogen and oxygen atoms in total. The fraction of sp³-hybridized carbons (Fsp3) is 0.438. The summed E-state index contributed by atoms with van der Waals surface area (Å²) in [6.45, 7) is 0. The van der Waals surface area contributed by atoms with Crippen LogP contribution < -0.4 is 11.1 Å². The minimum absolute atomic E-state index is 0.336. The molecular formula is C16H20N4O2. The number of primary amides is 1. The Hall–Kier alpha value is -2.37. The molecule has 2 aromatic rings. The van der Waals surface area contributed by atoms with Crippen LogP contribution >= 0.6 is 0 Å². The number of benzene rings is 1. The Morgan fingerprint density at radius 1 is 1.23 bits per heavy atom. The lowest BCUT2D eigenvalue weighted by Crippen LogP contribution is -2.58. The molecule has 0 saturated heterocycles. The fourth-order valence-electron chi connectivity index (χ4n) is 3.25. The van der Waals surface area contributed by atoms with Gasteiger partial charge in [-0.15, -0.1) is 0 Å². The number of nitrogens with two attached hydrogens (primary N) is 1. The molecule has 22 heavy (non-hydrogen) atoms. The molecule has 0 spiro atoms. The molecule has 0 atom stereocenters. The number of aryl methyl sites for hydroxylation is 1. The van der Waals surface area contributed by atoms with E-state index in [9.17, 15) is 9.59 Å². The first-order valence-corrected chi connectivity index (χ1v) is 7.58. The van der Waals surface area contributed by atoms with Gasteiger partial charge >= 0.3 is 0 Å². The predicted octanol–water partition coefficient (Wildman–Crippen LogP) is 1.49. The van der Waals surface area contributed by atoms with Gasteiger partial charge in [0.25, 0.3) is 5.91 Å². The van der Waals surface area contributed by atoms with Gasteiger partial charge in [-0.1, -0.05) is 37.5 Å². The molecule has 1 aromatic heterocycles. The summed E-state index contributed by atoms with van der Waals surface area (Å²) in [5.74, 6) is -0.793. The third-order valence-corrected chi connectivity index (χ3v) is 4.50. The number of carbonyl (C=O) groups is 2. The van der Waals surface area contributed by atoms with Crippen molar-refractivity contribution in [3.8, 4) is 0 Å². The molecule has 1 aliphatic rings. The van der Waals surface area contributed by atoms with Crippen LogP contribution in [-0.4, -0.2) is 27.1 Å². The van der Waals surface area contributed by atoms with E-state index in [-0.39, 0.29) is 5.91 Å². The number of hydrogen-bond donors (Lipinski definition) is 2. The predicted molar refractivity (Wildman–Crippen MR) is 83.2 cm³/mol. The van der Waals surface area contributed by atoms with Crippen LogP contribution in [0, 0.1) is 0 Å². The van der Waals surface area contributed by atoms with Crippen molar-refractivity contribution < 1.29 is 9.59 Å². The van der Waals surface area contributed by atoms with Crippen LogP contribution in [0.4, 0.5) is 0 Å². The van der Waals surface area contributed by atoms with Crippen molar-refractivity contribution in [1.82, 2.24) is 15.1 Å². The monoisotopic (exact) mass is 300 g/mol. The Kier molecular flexibility index (Phi) is 3.60. The smallest absolute Gasteiger partial charge is 0.273 e. The van der Waals surface area contributed by atoms with Gasteiger partial charge in [0.2, 0.25) is 5.91 Å². The fourth-order valence-corrected chi connectivity index (χ4v) is 3.25. The maximum absolute atomic E-state index is 12.7. The van der Waals surface area contributed by atoms with Gasteiger partial charge in [-0.3, -0.25) is 14.3 Å². The van der Waals surface area contributed by atoms with Crippen molar-refractivity contribution in [3.05, 3.63) is 30.0 Å². The van der Waals surface area contributed by atoms with E-state index in [2.05, 4.69) is 10.4 Å². The summed E-state index contributed by atoms with van der Waals surface area (Å²) in [6, 6.07) is 7.53. The summed E-state index contributed by atoms with van der Waals surface area (Å²) < 4.78 is 1.67. The highest BCUT2D eigenvalue weighted by molar-refractivity contribution is 6.06. The second kappa shape index (κ2) is 5.44. The number of nitrogens with zero attached hydrogens (tertiary/aromatic N) is 2. The molecule has 1 fully saturated rings. The lowest BCUT2D eigenvalue weighted by Gasteiger charge is -2.34. The van der Waals surface area contributed by atoms with Crippen LogP contribution in [0.2, 0.25) is 0 Å². The quantitative estimate of drug-likeness (QED) is 0.900. The zero-order valence-electron chi connectivity index (χ0n) is 12.6. The van der Waals surface area contributed by atoms with Crippen LogP contribution in [0.15, 0.2) is 24.3 Å². The van der Waals surface area contributed by atoms with Gasteiger partial charge in [-0.2, -0.15) is 5.10 Å². The third-order valence-electron chi connectivity index (χ3n) is 4.50. The molecule has 0 aliphatic heterocycles. The highest BCUT2D eigenvalue weighted by atomic mass is 16.2. The number of fused-ring (bicyclic) bond motifs is 1. The molecule has 1 aromatic carbocycles. The Morgan fingerprint density at radius 3 is 2.59 bits per heavy atom. The second-order valence-corrected chi connectivity index (χ2v) is 5.95. The van der Waals surface area contributed by atoms with Crippen LogP contribution in [0.5, 0.6) is 0 Å². The van der Waals surface area contributed by atoms with Crippen LogP contribution in [-0.2, 0) is 11.8 Å². The van der Waals surface area contributed by atoms with Crippen molar-refractivity contribution in [2.45, 2.75) is 37.6 Å². The van der Waals surface area contributed by atoms with Crippen molar-refractivity contribution >= 4 is 22.7 Å². The van der Waals surface area contributed by atoms with Crippen molar-refractivity contribution in [2.24, 2.45) is 12.8 Å². The number of hydrogen-bond acceptors (Lipinski definition) is 3. The molecule has 3 rings (SSSR count). The number of carbonyl (C=O) groups excluding carboxylic acids is 2. The molecule has 2 amide bonds. The van der Waals surface area contributed by atoms with Gasteiger partial charge in [0, 0.05) is 12.4 Å². The van der Waals surface area contributed by atoms with E-state index in [4.69, 9.17) is 5.73 Å². The average molecular weight is 300 g/mol. The number of para-hydroxylation sites is 1. The maximum atomic E-state index is 12.7. The lowest BCUT2D eigenvalue weighted by molar-refractivity contribution is -0.125. The van der Waals surface area contributed by atoms with E-state index < -0.39 is 11.4 Å². The molecule has 6 heteroatoms. The van der Waals surface area contributed by atoms with Crippen molar-refractivity contribution in [3.63, 3.8) is 0 Å². The Morgan fingerprint density at radius 2 is 1.91 bits per heavy atom. The van der Waals surface area contributed by atoms with Crippen LogP contribution in [0.25, 0.3) is 10.9 Å². The Labute approximate surface area is 128 Å². The van der Waals surface area contributed by atoms with E-state index in [1.54, 1.807) is 11.7 Å². The molecule has 116 valence electrons. The van der Waals surface area contributed by atoms with Crippen LogP contribution in [0.3, 0.4) is 0 Å². The normalized spacial score (nSPS) is 17.3. The molecule has 1 saturated carbocycles. The SMILES string of the molecule is Cn1nc(C(=O)NC2(C(N)=O)CCCCC2)c2ccccc21. The molecule has 1 aliphatic carbocycles. The average Bonchev–Trinajstić information content (AvgIpc) is 2.86. The summed E-state index contributed by atoms with van der Waals surface area (Å²) in [6.07, 6.45) is 4.05. The summed E-state index contributed by atoms with van der Waals surface area (Å²) in [5, 5.41) is 7.94. The first kappa shape index (κ1) is 14.6. The standard InChI is InChI=1S/C16H20N4O2/c1-20-12-8-4-3-7-11(12)13(19-20)14(21)18-16(15(17)22)9-5-2-6-10-16/h3-4,7-8H,2,5-6,9-10H2,1H3,(H2,17,22)(H,18,21). The zero-order valence-corrected chi connectivity index (χ0v) is 12.6. The van der Waals surface area contributed by atoms with Gasteiger partial charge in [-0.25, -0.2) is 0 Å². The van der Waals surface area contributed by atoms with Gasteiger partial charge in [-0.05, 0) is 18.9 Å². The molecule has 3 N–H and O–H groups in total. The molecular weight excluding hydrogens is 280 g/mol. The topological polar surface area (TPSA) is 90.0 Å². The molecule has 0 bridgehead atoms. The number of rotatable bonds is 3. The molecule has 1 heterocycles. The van der Waals surface area contributed by atoms with Crippen LogP contribution in [0.1, 0.15) is 42.6 Å². The van der Waals surface area contributed by atoms with E-state index >= 15 is 0 Å². The lowest BCUT2D eigenvalue weighted by atomic mass is 9.81. The summed E-state index contributed by atoms with van der Waals surface area (Å²) in [4.78, 5) is 24.5. The van der Waals surface area contributed by atoms with Crippen molar-refractivity contribution in [1.29, 1.82) is 0 Å². The first-order chi connectivity index (χ1) is 10.5. The van der Waals surface area contributed by atoms with E-state index in [1.807, 2.05) is 24.3 Å². The number of aromatic nitrogens is 2. The highest BCUT2D eigenvalue weighted by Gasteiger charge is 2.40. The number of nitrogens with one attached hydrogen (secondary N) is 1. The highest BCUT2D eigenvalue weighted by Crippen LogP contribution is 2.29. The van der Waals surface area contributed by atoms with Gasteiger partial charge in [0.15, 0.2) is 5.69 Å².